The van der Waals surface area contributed by atoms with Crippen molar-refractivity contribution in [3.8, 4) is 0 Å². The van der Waals surface area contributed by atoms with Crippen molar-refractivity contribution in [3.05, 3.63) is 30.1 Å². The van der Waals surface area contributed by atoms with Gasteiger partial charge in [-0.15, -0.1) is 10.2 Å². The molecule has 6 nitrogen and oxygen atoms in total. The number of aryl methyl sites for hydroxylation is 1. The van der Waals surface area contributed by atoms with E-state index in [1.807, 2.05) is 24.0 Å². The molecule has 0 aliphatic rings. The van der Waals surface area contributed by atoms with E-state index in [-0.39, 0.29) is 0 Å². The molecule has 2 rings (SSSR count). The fourth-order valence-electron chi connectivity index (χ4n) is 1.32. The highest BCUT2D eigenvalue weighted by Crippen LogP contribution is 2.02. The van der Waals surface area contributed by atoms with Crippen molar-refractivity contribution >= 4 is 11.6 Å². The van der Waals surface area contributed by atoms with Crippen molar-refractivity contribution in [2.24, 2.45) is 0 Å². The third-order valence-electron chi connectivity index (χ3n) is 2.09. The van der Waals surface area contributed by atoms with Crippen LogP contribution >= 0.6 is 0 Å². The van der Waals surface area contributed by atoms with E-state index >= 15 is 0 Å². The molecule has 0 atom stereocenters. The second-order valence-corrected chi connectivity index (χ2v) is 3.55. The highest BCUT2D eigenvalue weighted by molar-refractivity contribution is 5.38. The Hall–Kier alpha value is -2.11. The zero-order valence-corrected chi connectivity index (χ0v) is 9.09. The maximum Gasteiger partial charge on any atom is 0.148 e. The van der Waals surface area contributed by atoms with E-state index in [9.17, 15) is 0 Å². The normalized spacial score (nSPS) is 10.3. The molecule has 3 N–H and O–H groups in total. The lowest BCUT2D eigenvalue weighted by molar-refractivity contribution is 0.636. The van der Waals surface area contributed by atoms with Gasteiger partial charge in [0.1, 0.15) is 11.6 Å². The Morgan fingerprint density at radius 3 is 2.88 bits per heavy atom. The van der Waals surface area contributed by atoms with Gasteiger partial charge in [-0.1, -0.05) is 0 Å². The summed E-state index contributed by atoms with van der Waals surface area (Å²) < 4.78 is 1.88. The second-order valence-electron chi connectivity index (χ2n) is 3.55. The third kappa shape index (κ3) is 2.69. The third-order valence-corrected chi connectivity index (χ3v) is 2.09. The van der Waals surface area contributed by atoms with Gasteiger partial charge in [-0.2, -0.15) is 5.10 Å². The fraction of sp³-hybridized carbons (Fsp3) is 0.300. The minimum Gasteiger partial charge on any atom is -0.382 e. The molecule has 2 aromatic heterocycles. The molecule has 0 aliphatic heterocycles. The Balaban J connectivity index is 1.82. The van der Waals surface area contributed by atoms with E-state index < -0.39 is 0 Å². The molecule has 0 spiro atoms. The summed E-state index contributed by atoms with van der Waals surface area (Å²) in [6.07, 6.45) is 3.83. The number of rotatable bonds is 4. The quantitative estimate of drug-likeness (QED) is 0.788. The van der Waals surface area contributed by atoms with Gasteiger partial charge in [0.05, 0.1) is 12.7 Å². The van der Waals surface area contributed by atoms with Crippen molar-refractivity contribution in [2.75, 3.05) is 17.6 Å². The van der Waals surface area contributed by atoms with Crippen LogP contribution in [-0.2, 0) is 6.54 Å². The van der Waals surface area contributed by atoms with E-state index in [1.165, 1.54) is 0 Å². The lowest BCUT2D eigenvalue weighted by atomic mass is 10.4. The summed E-state index contributed by atoms with van der Waals surface area (Å²) in [4.78, 5) is 0. The zero-order valence-electron chi connectivity index (χ0n) is 9.09. The number of hydrogen-bond acceptors (Lipinski definition) is 5. The van der Waals surface area contributed by atoms with Crippen LogP contribution in [0.25, 0.3) is 0 Å². The number of nitrogens with two attached hydrogens (primary N) is 1. The van der Waals surface area contributed by atoms with Gasteiger partial charge in [-0.25, -0.2) is 0 Å². The standard InChI is InChI=1S/C10H14N6/c1-8-6-13-16(7-8)5-4-12-10-3-2-9(11)14-15-10/h2-3,6-7H,4-5H2,1H3,(H2,11,14)(H,12,15). The molecule has 0 aliphatic carbocycles. The van der Waals surface area contributed by atoms with Crippen LogP contribution in [0.5, 0.6) is 0 Å². The molecule has 16 heavy (non-hydrogen) atoms. The number of nitrogens with zero attached hydrogens (tertiary/aromatic N) is 4. The van der Waals surface area contributed by atoms with Crippen LogP contribution < -0.4 is 11.1 Å². The average Bonchev–Trinajstić information content (AvgIpc) is 2.67. The summed E-state index contributed by atoms with van der Waals surface area (Å²) in [5.74, 6) is 1.14. The van der Waals surface area contributed by atoms with Crippen LogP contribution in [-0.4, -0.2) is 26.5 Å². The molecule has 0 radical (unpaired) electrons. The van der Waals surface area contributed by atoms with Crippen LogP contribution in [0.2, 0.25) is 0 Å². The first kappa shape index (κ1) is 10.4. The molecule has 6 heteroatoms. The Bertz CT molecular complexity index is 447. The summed E-state index contributed by atoms with van der Waals surface area (Å²) in [6, 6.07) is 3.52. The van der Waals surface area contributed by atoms with Gasteiger partial charge < -0.3 is 11.1 Å². The van der Waals surface area contributed by atoms with E-state index in [1.54, 1.807) is 12.1 Å². The predicted octanol–water partition coefficient (Wildman–Crippen LogP) is 0.676. The molecular weight excluding hydrogens is 204 g/mol. The highest BCUT2D eigenvalue weighted by atomic mass is 15.3. The summed E-state index contributed by atoms with van der Waals surface area (Å²) in [5.41, 5.74) is 6.59. The molecule has 0 amide bonds. The summed E-state index contributed by atoms with van der Waals surface area (Å²) in [7, 11) is 0. The molecule has 0 bridgehead atoms. The maximum atomic E-state index is 5.43. The largest absolute Gasteiger partial charge is 0.382 e. The number of hydrogen-bond donors (Lipinski definition) is 2. The molecule has 2 heterocycles. The van der Waals surface area contributed by atoms with Gasteiger partial charge in [-0.05, 0) is 24.6 Å². The van der Waals surface area contributed by atoms with Gasteiger partial charge in [0.2, 0.25) is 0 Å². The van der Waals surface area contributed by atoms with Gasteiger partial charge in [0.15, 0.2) is 0 Å². The van der Waals surface area contributed by atoms with Gasteiger partial charge in [0, 0.05) is 12.7 Å². The molecule has 0 unspecified atom stereocenters. The molecule has 0 aromatic carbocycles. The SMILES string of the molecule is Cc1cnn(CCNc2ccc(N)nn2)c1. The maximum absolute atomic E-state index is 5.43. The summed E-state index contributed by atoms with van der Waals surface area (Å²) >= 11 is 0. The molecule has 2 aromatic rings. The lowest BCUT2D eigenvalue weighted by Gasteiger charge is -2.04. The van der Waals surface area contributed by atoms with Crippen molar-refractivity contribution in [1.29, 1.82) is 0 Å². The zero-order chi connectivity index (χ0) is 11.4. The van der Waals surface area contributed by atoms with E-state index in [2.05, 4.69) is 20.6 Å². The van der Waals surface area contributed by atoms with Gasteiger partial charge in [0.25, 0.3) is 0 Å². The smallest absolute Gasteiger partial charge is 0.148 e. The van der Waals surface area contributed by atoms with Gasteiger partial charge in [-0.3, -0.25) is 4.68 Å². The number of aromatic nitrogens is 4. The number of nitrogen functional groups attached to an aromatic ring is 1. The van der Waals surface area contributed by atoms with Crippen LogP contribution in [0.4, 0.5) is 11.6 Å². The van der Waals surface area contributed by atoms with Gasteiger partial charge >= 0.3 is 0 Å². The Labute approximate surface area is 93.5 Å². The van der Waals surface area contributed by atoms with Crippen molar-refractivity contribution in [2.45, 2.75) is 13.5 Å². The Morgan fingerprint density at radius 2 is 2.25 bits per heavy atom. The highest BCUT2D eigenvalue weighted by Gasteiger charge is 1.96. The first-order valence-corrected chi connectivity index (χ1v) is 5.06. The van der Waals surface area contributed by atoms with Crippen LogP contribution in [0, 0.1) is 6.92 Å². The first-order chi connectivity index (χ1) is 7.74. The summed E-state index contributed by atoms with van der Waals surface area (Å²) in [6.45, 7) is 3.56. The molecule has 0 saturated carbocycles. The molecule has 0 saturated heterocycles. The number of anilines is 2. The van der Waals surface area contributed by atoms with E-state index in [0.717, 1.165) is 24.5 Å². The van der Waals surface area contributed by atoms with Crippen LogP contribution in [0.15, 0.2) is 24.5 Å². The topological polar surface area (TPSA) is 81.7 Å². The average molecular weight is 218 g/mol. The molecule has 0 fully saturated rings. The summed E-state index contributed by atoms with van der Waals surface area (Å²) in [5, 5.41) is 15.0. The lowest BCUT2D eigenvalue weighted by Crippen LogP contribution is -2.12. The first-order valence-electron chi connectivity index (χ1n) is 5.06. The molecule has 84 valence electrons. The van der Waals surface area contributed by atoms with Crippen molar-refractivity contribution in [1.82, 2.24) is 20.0 Å². The van der Waals surface area contributed by atoms with E-state index in [4.69, 9.17) is 5.73 Å². The van der Waals surface area contributed by atoms with E-state index in [0.29, 0.717) is 5.82 Å². The van der Waals surface area contributed by atoms with Crippen molar-refractivity contribution in [3.63, 3.8) is 0 Å². The fourth-order valence-corrected chi connectivity index (χ4v) is 1.32. The minimum absolute atomic E-state index is 0.424. The predicted molar refractivity (Wildman–Crippen MR) is 61.9 cm³/mol. The molecular formula is C10H14N6. The second kappa shape index (κ2) is 4.61. The monoisotopic (exact) mass is 218 g/mol. The van der Waals surface area contributed by atoms with Crippen LogP contribution in [0.3, 0.4) is 0 Å². The Kier molecular flexibility index (Phi) is 3.00. The Morgan fingerprint density at radius 1 is 1.38 bits per heavy atom. The van der Waals surface area contributed by atoms with Crippen molar-refractivity contribution < 1.29 is 0 Å². The van der Waals surface area contributed by atoms with Crippen LogP contribution in [0.1, 0.15) is 5.56 Å². The minimum atomic E-state index is 0.424. The number of nitrogens with one attached hydrogen (secondary N) is 1.